The molecule has 0 saturated heterocycles. The third-order valence-corrected chi connectivity index (χ3v) is 3.22. The van der Waals surface area contributed by atoms with Crippen molar-refractivity contribution < 1.29 is 4.39 Å². The number of pyridine rings is 1. The predicted molar refractivity (Wildman–Crippen MR) is 83.4 cm³/mol. The van der Waals surface area contributed by atoms with Gasteiger partial charge in [0.2, 0.25) is 0 Å². The van der Waals surface area contributed by atoms with E-state index in [-0.39, 0.29) is 10.8 Å². The number of hydrogen-bond acceptors (Lipinski definition) is 3. The van der Waals surface area contributed by atoms with Crippen molar-refractivity contribution in [3.05, 3.63) is 59.2 Å². The van der Waals surface area contributed by atoms with Crippen LogP contribution in [0.4, 0.5) is 10.1 Å². The van der Waals surface area contributed by atoms with Crippen LogP contribution in [0.5, 0.6) is 0 Å². The van der Waals surface area contributed by atoms with E-state index in [0.717, 1.165) is 11.4 Å². The molecular formula is C15H16FN3S. The lowest BCUT2D eigenvalue weighted by Gasteiger charge is -2.20. The SMILES string of the molecule is Cc1cccc(CN(C)c2ccc(C(N)=S)cc2F)n1. The standard InChI is InChI=1S/C15H16FN3S/c1-10-4-3-5-12(18-10)9-19(2)14-7-6-11(15(17)20)8-13(14)16/h3-8H,9H2,1-2H3,(H2,17,20). The first-order valence-corrected chi connectivity index (χ1v) is 6.61. The Morgan fingerprint density at radius 1 is 1.35 bits per heavy atom. The zero-order valence-electron chi connectivity index (χ0n) is 11.4. The zero-order valence-corrected chi connectivity index (χ0v) is 12.2. The fourth-order valence-corrected chi connectivity index (χ4v) is 2.11. The van der Waals surface area contributed by atoms with Crippen LogP contribution in [0.2, 0.25) is 0 Å². The van der Waals surface area contributed by atoms with Crippen molar-refractivity contribution in [1.29, 1.82) is 0 Å². The number of hydrogen-bond donors (Lipinski definition) is 1. The number of benzene rings is 1. The van der Waals surface area contributed by atoms with Gasteiger partial charge in [0, 0.05) is 18.3 Å². The average molecular weight is 289 g/mol. The molecule has 0 atom stereocenters. The highest BCUT2D eigenvalue weighted by atomic mass is 32.1. The van der Waals surface area contributed by atoms with Crippen molar-refractivity contribution in [2.24, 2.45) is 5.73 Å². The van der Waals surface area contributed by atoms with Crippen molar-refractivity contribution in [3.8, 4) is 0 Å². The molecule has 5 heteroatoms. The van der Waals surface area contributed by atoms with E-state index in [1.165, 1.54) is 6.07 Å². The van der Waals surface area contributed by atoms with E-state index < -0.39 is 0 Å². The van der Waals surface area contributed by atoms with Gasteiger partial charge >= 0.3 is 0 Å². The molecule has 0 aliphatic rings. The van der Waals surface area contributed by atoms with Crippen LogP contribution in [-0.2, 0) is 6.54 Å². The fourth-order valence-electron chi connectivity index (χ4n) is 1.99. The maximum Gasteiger partial charge on any atom is 0.147 e. The highest BCUT2D eigenvalue weighted by Gasteiger charge is 2.10. The van der Waals surface area contributed by atoms with E-state index in [4.69, 9.17) is 18.0 Å². The summed E-state index contributed by atoms with van der Waals surface area (Å²) in [6.45, 7) is 2.46. The molecule has 0 unspecified atom stereocenters. The molecule has 2 rings (SSSR count). The minimum Gasteiger partial charge on any atom is -0.389 e. The molecule has 0 fully saturated rings. The maximum atomic E-state index is 14.1. The Morgan fingerprint density at radius 3 is 2.70 bits per heavy atom. The Balaban J connectivity index is 2.21. The van der Waals surface area contributed by atoms with Crippen LogP contribution in [0, 0.1) is 12.7 Å². The molecule has 2 aromatic rings. The molecule has 0 aliphatic heterocycles. The lowest BCUT2D eigenvalue weighted by atomic mass is 10.2. The maximum absolute atomic E-state index is 14.1. The van der Waals surface area contributed by atoms with E-state index >= 15 is 0 Å². The van der Waals surface area contributed by atoms with Gasteiger partial charge in [-0.05, 0) is 37.3 Å². The molecule has 3 nitrogen and oxygen atoms in total. The van der Waals surface area contributed by atoms with Gasteiger partial charge in [-0.1, -0.05) is 18.3 Å². The molecule has 0 bridgehead atoms. The molecule has 20 heavy (non-hydrogen) atoms. The first kappa shape index (κ1) is 14.4. The van der Waals surface area contributed by atoms with Crippen molar-refractivity contribution in [1.82, 2.24) is 4.98 Å². The van der Waals surface area contributed by atoms with Gasteiger partial charge in [0.1, 0.15) is 10.8 Å². The minimum atomic E-state index is -0.342. The minimum absolute atomic E-state index is 0.193. The quantitative estimate of drug-likeness (QED) is 0.879. The smallest absolute Gasteiger partial charge is 0.147 e. The summed E-state index contributed by atoms with van der Waals surface area (Å²) in [6, 6.07) is 10.6. The van der Waals surface area contributed by atoms with Crippen molar-refractivity contribution in [3.63, 3.8) is 0 Å². The molecule has 1 aromatic carbocycles. The van der Waals surface area contributed by atoms with Gasteiger partial charge in [0.05, 0.1) is 17.9 Å². The molecule has 0 radical (unpaired) electrons. The van der Waals surface area contributed by atoms with Gasteiger partial charge < -0.3 is 10.6 Å². The number of halogens is 1. The second kappa shape index (κ2) is 5.96. The summed E-state index contributed by atoms with van der Waals surface area (Å²) >= 11 is 4.84. The second-order valence-electron chi connectivity index (χ2n) is 4.66. The zero-order chi connectivity index (χ0) is 14.7. The Labute approximate surface area is 123 Å². The van der Waals surface area contributed by atoms with Gasteiger partial charge in [-0.2, -0.15) is 0 Å². The summed E-state index contributed by atoms with van der Waals surface area (Å²) in [4.78, 5) is 6.41. The highest BCUT2D eigenvalue weighted by Crippen LogP contribution is 2.21. The molecule has 2 N–H and O–H groups in total. The summed E-state index contributed by atoms with van der Waals surface area (Å²) in [7, 11) is 1.82. The van der Waals surface area contributed by atoms with Gasteiger partial charge in [-0.15, -0.1) is 0 Å². The van der Waals surface area contributed by atoms with E-state index in [2.05, 4.69) is 4.98 Å². The Bertz CT molecular complexity index is 643. The number of thiocarbonyl (C=S) groups is 1. The number of aryl methyl sites for hydroxylation is 1. The summed E-state index contributed by atoms with van der Waals surface area (Å²) in [6.07, 6.45) is 0. The van der Waals surface area contributed by atoms with Crippen LogP contribution in [0.15, 0.2) is 36.4 Å². The van der Waals surface area contributed by atoms with E-state index in [0.29, 0.717) is 17.8 Å². The largest absolute Gasteiger partial charge is 0.389 e. The average Bonchev–Trinajstić information content (AvgIpc) is 2.38. The molecule has 0 spiro atoms. The van der Waals surface area contributed by atoms with E-state index in [9.17, 15) is 4.39 Å². The third-order valence-electron chi connectivity index (χ3n) is 2.99. The van der Waals surface area contributed by atoms with Crippen LogP contribution >= 0.6 is 12.2 Å². The molecule has 104 valence electrons. The van der Waals surface area contributed by atoms with E-state index in [1.807, 2.05) is 32.2 Å². The lowest BCUT2D eigenvalue weighted by molar-refractivity contribution is 0.621. The summed E-state index contributed by atoms with van der Waals surface area (Å²) in [5.41, 5.74) is 8.35. The number of nitrogens with zero attached hydrogens (tertiary/aromatic N) is 2. The van der Waals surface area contributed by atoms with Crippen LogP contribution in [-0.4, -0.2) is 17.0 Å². The van der Waals surface area contributed by atoms with Gasteiger partial charge in [-0.3, -0.25) is 4.98 Å². The summed E-state index contributed by atoms with van der Waals surface area (Å²) < 4.78 is 14.1. The van der Waals surface area contributed by atoms with Gasteiger partial charge in [0.15, 0.2) is 0 Å². The molecule has 0 saturated carbocycles. The number of rotatable bonds is 4. The second-order valence-corrected chi connectivity index (χ2v) is 5.10. The van der Waals surface area contributed by atoms with E-state index in [1.54, 1.807) is 17.0 Å². The van der Waals surface area contributed by atoms with Crippen LogP contribution in [0.3, 0.4) is 0 Å². The number of aromatic nitrogens is 1. The molecule has 0 amide bonds. The molecule has 0 aliphatic carbocycles. The van der Waals surface area contributed by atoms with Crippen molar-refractivity contribution in [2.45, 2.75) is 13.5 Å². The first-order valence-electron chi connectivity index (χ1n) is 6.20. The number of nitrogens with two attached hydrogens (primary N) is 1. The highest BCUT2D eigenvalue weighted by molar-refractivity contribution is 7.80. The summed E-state index contributed by atoms with van der Waals surface area (Å²) in [5, 5.41) is 0. The first-order chi connectivity index (χ1) is 9.47. The molecular weight excluding hydrogens is 273 g/mol. The summed E-state index contributed by atoms with van der Waals surface area (Å²) in [5.74, 6) is -0.342. The Kier molecular flexibility index (Phi) is 4.29. The van der Waals surface area contributed by atoms with Crippen molar-refractivity contribution in [2.75, 3.05) is 11.9 Å². The van der Waals surface area contributed by atoms with Gasteiger partial charge in [-0.25, -0.2) is 4.39 Å². The normalized spacial score (nSPS) is 10.3. The number of anilines is 1. The molecule has 1 aromatic heterocycles. The monoisotopic (exact) mass is 289 g/mol. The van der Waals surface area contributed by atoms with Crippen LogP contribution in [0.1, 0.15) is 17.0 Å². The third kappa shape index (κ3) is 3.30. The predicted octanol–water partition coefficient (Wildman–Crippen LogP) is 2.80. The van der Waals surface area contributed by atoms with Crippen LogP contribution in [0.25, 0.3) is 0 Å². The lowest BCUT2D eigenvalue weighted by Crippen LogP contribution is -2.19. The van der Waals surface area contributed by atoms with Crippen LogP contribution < -0.4 is 10.6 Å². The topological polar surface area (TPSA) is 42.1 Å². The fraction of sp³-hybridized carbons (Fsp3) is 0.200. The molecule has 1 heterocycles. The van der Waals surface area contributed by atoms with Crippen molar-refractivity contribution >= 4 is 22.9 Å². The Morgan fingerprint density at radius 2 is 2.10 bits per heavy atom. The van der Waals surface area contributed by atoms with Gasteiger partial charge in [0.25, 0.3) is 0 Å². The Hall–Kier alpha value is -2.01.